The second kappa shape index (κ2) is 6.73. The number of nitrogens with one attached hydrogen (secondary N) is 1. The molecule has 1 aromatic rings. The van der Waals surface area contributed by atoms with Gasteiger partial charge in [0.15, 0.2) is 0 Å². The monoisotopic (exact) mass is 262 g/mol. The maximum Gasteiger partial charge on any atom is 0.135 e. The van der Waals surface area contributed by atoms with Gasteiger partial charge in [-0.05, 0) is 12.8 Å². The van der Waals surface area contributed by atoms with Gasteiger partial charge >= 0.3 is 0 Å². The first kappa shape index (κ1) is 14.1. The van der Waals surface area contributed by atoms with Crippen molar-refractivity contribution in [1.29, 1.82) is 0 Å². The highest BCUT2D eigenvalue weighted by Crippen LogP contribution is 2.21. The Morgan fingerprint density at radius 3 is 2.37 bits per heavy atom. The molecule has 1 heterocycles. The first-order chi connectivity index (χ1) is 9.15. The molecule has 0 spiro atoms. The minimum Gasteiger partial charge on any atom is -0.384 e. The summed E-state index contributed by atoms with van der Waals surface area (Å²) in [6.07, 6.45) is 9.22. The molecule has 4 nitrogen and oxygen atoms in total. The van der Waals surface area contributed by atoms with Crippen molar-refractivity contribution in [2.45, 2.75) is 70.8 Å². The molecule has 1 fully saturated rings. The van der Waals surface area contributed by atoms with Crippen LogP contribution in [0.4, 0.5) is 11.6 Å². The SMILES string of the molecule is CC(C)c1nc(N)cc(NC2CCCCCCC2)n1. The molecule has 1 aromatic heterocycles. The zero-order valence-corrected chi connectivity index (χ0v) is 12.2. The fourth-order valence-corrected chi connectivity index (χ4v) is 2.63. The van der Waals surface area contributed by atoms with Gasteiger partial charge in [-0.2, -0.15) is 0 Å². The molecular formula is C15H26N4. The Balaban J connectivity index is 2.04. The van der Waals surface area contributed by atoms with Crippen LogP contribution in [0.25, 0.3) is 0 Å². The van der Waals surface area contributed by atoms with Gasteiger partial charge in [0.25, 0.3) is 0 Å². The van der Waals surface area contributed by atoms with E-state index in [9.17, 15) is 0 Å². The molecule has 106 valence electrons. The molecule has 0 bridgehead atoms. The summed E-state index contributed by atoms with van der Waals surface area (Å²) < 4.78 is 0. The van der Waals surface area contributed by atoms with Crippen LogP contribution in [-0.2, 0) is 0 Å². The molecular weight excluding hydrogens is 236 g/mol. The number of nitrogen functional groups attached to an aromatic ring is 1. The summed E-state index contributed by atoms with van der Waals surface area (Å²) in [6.45, 7) is 4.18. The van der Waals surface area contributed by atoms with Crippen LogP contribution in [0.15, 0.2) is 6.07 Å². The van der Waals surface area contributed by atoms with Crippen molar-refractivity contribution in [1.82, 2.24) is 9.97 Å². The molecule has 0 amide bonds. The second-order valence-corrected chi connectivity index (χ2v) is 5.88. The van der Waals surface area contributed by atoms with Gasteiger partial charge in [-0.1, -0.05) is 46.0 Å². The number of hydrogen-bond acceptors (Lipinski definition) is 4. The molecule has 1 aliphatic carbocycles. The summed E-state index contributed by atoms with van der Waals surface area (Å²) in [4.78, 5) is 8.87. The van der Waals surface area contributed by atoms with Gasteiger partial charge in [0.2, 0.25) is 0 Å². The van der Waals surface area contributed by atoms with E-state index >= 15 is 0 Å². The van der Waals surface area contributed by atoms with E-state index in [-0.39, 0.29) is 0 Å². The highest BCUT2D eigenvalue weighted by molar-refractivity contribution is 5.45. The summed E-state index contributed by atoms with van der Waals surface area (Å²) in [6, 6.07) is 2.39. The second-order valence-electron chi connectivity index (χ2n) is 5.88. The van der Waals surface area contributed by atoms with Crippen LogP contribution >= 0.6 is 0 Å². The Morgan fingerprint density at radius 1 is 1.11 bits per heavy atom. The first-order valence-corrected chi connectivity index (χ1v) is 7.56. The van der Waals surface area contributed by atoms with E-state index in [1.165, 1.54) is 44.9 Å². The largest absolute Gasteiger partial charge is 0.384 e. The highest BCUT2D eigenvalue weighted by atomic mass is 15.1. The topological polar surface area (TPSA) is 63.8 Å². The molecule has 0 radical (unpaired) electrons. The summed E-state index contributed by atoms with van der Waals surface area (Å²) >= 11 is 0. The third-order valence-electron chi connectivity index (χ3n) is 3.74. The average Bonchev–Trinajstić information content (AvgIpc) is 2.31. The van der Waals surface area contributed by atoms with E-state index in [1.807, 2.05) is 6.07 Å². The van der Waals surface area contributed by atoms with E-state index in [1.54, 1.807) is 0 Å². The van der Waals surface area contributed by atoms with Crippen LogP contribution in [0, 0.1) is 0 Å². The van der Waals surface area contributed by atoms with E-state index in [4.69, 9.17) is 5.73 Å². The first-order valence-electron chi connectivity index (χ1n) is 7.56. The molecule has 0 atom stereocenters. The Morgan fingerprint density at radius 2 is 1.74 bits per heavy atom. The highest BCUT2D eigenvalue weighted by Gasteiger charge is 2.13. The third kappa shape index (κ3) is 4.37. The van der Waals surface area contributed by atoms with Gasteiger partial charge in [0.05, 0.1) is 0 Å². The average molecular weight is 262 g/mol. The van der Waals surface area contributed by atoms with Gasteiger partial charge in [0.1, 0.15) is 17.5 Å². The number of aromatic nitrogens is 2. The Hall–Kier alpha value is -1.32. The van der Waals surface area contributed by atoms with Crippen LogP contribution in [0.1, 0.15) is 70.5 Å². The minimum absolute atomic E-state index is 0.307. The normalized spacial score (nSPS) is 18.1. The zero-order chi connectivity index (χ0) is 13.7. The van der Waals surface area contributed by atoms with Crippen molar-refractivity contribution < 1.29 is 0 Å². The quantitative estimate of drug-likeness (QED) is 0.871. The molecule has 2 rings (SSSR count). The fraction of sp³-hybridized carbons (Fsp3) is 0.733. The standard InChI is InChI=1S/C15H26N4/c1-11(2)15-18-13(16)10-14(19-15)17-12-8-6-4-3-5-7-9-12/h10-12H,3-9H2,1-2H3,(H3,16,17,18,19). The van der Waals surface area contributed by atoms with Crippen LogP contribution in [0.2, 0.25) is 0 Å². The third-order valence-corrected chi connectivity index (χ3v) is 3.74. The van der Waals surface area contributed by atoms with Crippen LogP contribution < -0.4 is 11.1 Å². The molecule has 0 unspecified atom stereocenters. The minimum atomic E-state index is 0.307. The van der Waals surface area contributed by atoms with E-state index in [2.05, 4.69) is 29.1 Å². The molecule has 0 saturated heterocycles. The summed E-state index contributed by atoms with van der Waals surface area (Å²) in [5.74, 6) is 2.59. The predicted molar refractivity (Wildman–Crippen MR) is 80.3 cm³/mol. The van der Waals surface area contributed by atoms with Crippen molar-refractivity contribution in [2.24, 2.45) is 0 Å². The Bertz CT molecular complexity index is 395. The number of nitrogens with two attached hydrogens (primary N) is 1. The lowest BCUT2D eigenvalue weighted by atomic mass is 9.97. The predicted octanol–water partition coefficient (Wildman–Crippen LogP) is 3.71. The van der Waals surface area contributed by atoms with E-state index < -0.39 is 0 Å². The molecule has 1 aliphatic rings. The summed E-state index contributed by atoms with van der Waals surface area (Å²) in [5.41, 5.74) is 5.87. The molecule has 1 saturated carbocycles. The van der Waals surface area contributed by atoms with Gasteiger partial charge in [-0.3, -0.25) is 0 Å². The van der Waals surface area contributed by atoms with Crippen LogP contribution in [0.3, 0.4) is 0 Å². The van der Waals surface area contributed by atoms with E-state index in [0.29, 0.717) is 17.8 Å². The van der Waals surface area contributed by atoms with Crippen LogP contribution in [-0.4, -0.2) is 16.0 Å². The molecule has 3 N–H and O–H groups in total. The zero-order valence-electron chi connectivity index (χ0n) is 12.2. The van der Waals surface area contributed by atoms with Crippen molar-refractivity contribution in [3.63, 3.8) is 0 Å². The molecule has 0 aliphatic heterocycles. The number of hydrogen-bond donors (Lipinski definition) is 2. The lowest BCUT2D eigenvalue weighted by molar-refractivity contribution is 0.470. The Labute approximate surface area is 116 Å². The number of rotatable bonds is 3. The van der Waals surface area contributed by atoms with Crippen molar-refractivity contribution in [2.75, 3.05) is 11.1 Å². The van der Waals surface area contributed by atoms with Gasteiger partial charge < -0.3 is 11.1 Å². The van der Waals surface area contributed by atoms with Gasteiger partial charge in [-0.15, -0.1) is 0 Å². The lowest BCUT2D eigenvalue weighted by Gasteiger charge is -2.22. The van der Waals surface area contributed by atoms with Crippen molar-refractivity contribution >= 4 is 11.6 Å². The Kier molecular flexibility index (Phi) is 5.00. The van der Waals surface area contributed by atoms with Crippen molar-refractivity contribution in [3.8, 4) is 0 Å². The van der Waals surface area contributed by atoms with Gasteiger partial charge in [0, 0.05) is 18.0 Å². The molecule has 0 aromatic carbocycles. The van der Waals surface area contributed by atoms with Crippen LogP contribution in [0.5, 0.6) is 0 Å². The summed E-state index contributed by atoms with van der Waals surface area (Å²) in [7, 11) is 0. The summed E-state index contributed by atoms with van der Waals surface area (Å²) in [5, 5.41) is 3.55. The maximum atomic E-state index is 5.87. The maximum absolute atomic E-state index is 5.87. The van der Waals surface area contributed by atoms with E-state index in [0.717, 1.165) is 11.6 Å². The number of nitrogens with zero attached hydrogens (tertiary/aromatic N) is 2. The smallest absolute Gasteiger partial charge is 0.135 e. The van der Waals surface area contributed by atoms with Crippen molar-refractivity contribution in [3.05, 3.63) is 11.9 Å². The fourth-order valence-electron chi connectivity index (χ4n) is 2.63. The molecule has 19 heavy (non-hydrogen) atoms. The lowest BCUT2D eigenvalue weighted by Crippen LogP contribution is -2.22. The van der Waals surface area contributed by atoms with Gasteiger partial charge in [-0.25, -0.2) is 9.97 Å². The molecule has 4 heteroatoms. The number of anilines is 2.